The molecule has 0 nitrogen and oxygen atoms in total. The molecule has 0 aliphatic heterocycles. The molecule has 0 N–H and O–H groups in total. The van der Waals surface area contributed by atoms with Crippen molar-refractivity contribution in [1.29, 1.82) is 0 Å². The molecule has 4 unspecified atom stereocenters. The molecule has 0 aromatic heterocycles. The van der Waals surface area contributed by atoms with Crippen molar-refractivity contribution in [3.8, 4) is 0 Å². The first-order valence-corrected chi connectivity index (χ1v) is 6.05. The van der Waals surface area contributed by atoms with E-state index in [1.807, 2.05) is 0 Å². The lowest BCUT2D eigenvalue weighted by Crippen LogP contribution is -2.20. The van der Waals surface area contributed by atoms with E-state index in [-0.39, 0.29) is 0 Å². The zero-order valence-corrected chi connectivity index (χ0v) is 9.11. The zero-order chi connectivity index (χ0) is 10.0. The van der Waals surface area contributed by atoms with Crippen molar-refractivity contribution in [2.24, 2.45) is 17.3 Å². The van der Waals surface area contributed by atoms with Crippen molar-refractivity contribution in [3.63, 3.8) is 0 Å². The standard InChI is InChI=1S/C15H16/c1-15-7-6-11(9-15)13-8-10-4-2-3-5-12(10)14(13)15/h2-7,11,13-14H,8-9H2,1H3. The average molecular weight is 196 g/mol. The molecule has 2 bridgehead atoms. The third kappa shape index (κ3) is 0.844. The summed E-state index contributed by atoms with van der Waals surface area (Å²) >= 11 is 0. The fourth-order valence-electron chi connectivity index (χ4n) is 4.38. The maximum Gasteiger partial charge on any atom is -0.00333 e. The SMILES string of the molecule is CC12C=CC(C1)C1Cc3ccccc3C12. The molecule has 1 aromatic carbocycles. The Morgan fingerprint density at radius 2 is 2.13 bits per heavy atom. The van der Waals surface area contributed by atoms with Crippen LogP contribution in [0.25, 0.3) is 0 Å². The summed E-state index contributed by atoms with van der Waals surface area (Å²) in [6.45, 7) is 2.45. The van der Waals surface area contributed by atoms with Gasteiger partial charge in [-0.25, -0.2) is 0 Å². The summed E-state index contributed by atoms with van der Waals surface area (Å²) < 4.78 is 0. The van der Waals surface area contributed by atoms with E-state index in [4.69, 9.17) is 0 Å². The summed E-state index contributed by atoms with van der Waals surface area (Å²) in [7, 11) is 0. The number of hydrogen-bond donors (Lipinski definition) is 0. The van der Waals surface area contributed by atoms with Gasteiger partial charge in [0.05, 0.1) is 0 Å². The van der Waals surface area contributed by atoms with E-state index in [1.54, 1.807) is 11.1 Å². The molecular weight excluding hydrogens is 180 g/mol. The van der Waals surface area contributed by atoms with Crippen LogP contribution in [-0.2, 0) is 6.42 Å². The minimum absolute atomic E-state index is 0.474. The average Bonchev–Trinajstić information content (AvgIpc) is 2.84. The normalized spacial score (nSPS) is 44.5. The van der Waals surface area contributed by atoms with Crippen LogP contribution in [0.2, 0.25) is 0 Å². The summed E-state index contributed by atoms with van der Waals surface area (Å²) in [5.74, 6) is 2.61. The van der Waals surface area contributed by atoms with E-state index >= 15 is 0 Å². The van der Waals surface area contributed by atoms with Gasteiger partial charge < -0.3 is 0 Å². The first-order chi connectivity index (χ1) is 7.28. The molecule has 1 aromatic rings. The molecule has 0 radical (unpaired) electrons. The predicted octanol–water partition coefficient (Wildman–Crippen LogP) is 3.54. The summed E-state index contributed by atoms with van der Waals surface area (Å²) in [6, 6.07) is 9.09. The Morgan fingerprint density at radius 3 is 3.07 bits per heavy atom. The highest BCUT2D eigenvalue weighted by Gasteiger charge is 2.55. The fourth-order valence-corrected chi connectivity index (χ4v) is 4.38. The van der Waals surface area contributed by atoms with E-state index in [2.05, 4.69) is 43.3 Å². The molecule has 0 saturated heterocycles. The second kappa shape index (κ2) is 2.37. The van der Waals surface area contributed by atoms with E-state index in [1.165, 1.54) is 12.8 Å². The number of benzene rings is 1. The second-order valence-corrected chi connectivity index (χ2v) is 5.78. The Morgan fingerprint density at radius 1 is 1.27 bits per heavy atom. The van der Waals surface area contributed by atoms with Crippen LogP contribution >= 0.6 is 0 Å². The fraction of sp³-hybridized carbons (Fsp3) is 0.467. The topological polar surface area (TPSA) is 0 Å². The van der Waals surface area contributed by atoms with Crippen molar-refractivity contribution in [2.75, 3.05) is 0 Å². The van der Waals surface area contributed by atoms with Gasteiger partial charge in [0.2, 0.25) is 0 Å². The van der Waals surface area contributed by atoms with Crippen LogP contribution in [0.1, 0.15) is 30.4 Å². The number of rotatable bonds is 0. The molecule has 1 fully saturated rings. The van der Waals surface area contributed by atoms with E-state index in [0.717, 1.165) is 17.8 Å². The highest BCUT2D eigenvalue weighted by Crippen LogP contribution is 2.64. The summed E-state index contributed by atoms with van der Waals surface area (Å²) in [6.07, 6.45) is 7.69. The van der Waals surface area contributed by atoms with Crippen molar-refractivity contribution in [3.05, 3.63) is 47.5 Å². The highest BCUT2D eigenvalue weighted by atomic mass is 14.6. The summed E-state index contributed by atoms with van der Waals surface area (Å²) in [4.78, 5) is 0. The van der Waals surface area contributed by atoms with Gasteiger partial charge in [-0.2, -0.15) is 0 Å². The van der Waals surface area contributed by atoms with Crippen LogP contribution in [0.5, 0.6) is 0 Å². The third-order valence-corrected chi connectivity index (χ3v) is 4.93. The van der Waals surface area contributed by atoms with Gasteiger partial charge in [0.15, 0.2) is 0 Å². The van der Waals surface area contributed by atoms with Crippen LogP contribution in [0.15, 0.2) is 36.4 Å². The van der Waals surface area contributed by atoms with Crippen LogP contribution in [-0.4, -0.2) is 0 Å². The maximum absolute atomic E-state index is 2.49. The van der Waals surface area contributed by atoms with Crippen molar-refractivity contribution in [2.45, 2.75) is 25.7 Å². The van der Waals surface area contributed by atoms with Crippen LogP contribution in [0.3, 0.4) is 0 Å². The number of allylic oxidation sites excluding steroid dienone is 2. The first kappa shape index (κ1) is 8.15. The molecule has 4 atom stereocenters. The van der Waals surface area contributed by atoms with Crippen LogP contribution < -0.4 is 0 Å². The van der Waals surface area contributed by atoms with Gasteiger partial charge in [-0.1, -0.05) is 43.3 Å². The number of hydrogen-bond acceptors (Lipinski definition) is 0. The summed E-state index contributed by atoms with van der Waals surface area (Å²) in [5, 5.41) is 0. The Kier molecular flexibility index (Phi) is 1.29. The van der Waals surface area contributed by atoms with Gasteiger partial charge in [0.25, 0.3) is 0 Å². The molecule has 15 heavy (non-hydrogen) atoms. The summed E-state index contributed by atoms with van der Waals surface area (Å²) in [5.41, 5.74) is 3.74. The zero-order valence-electron chi connectivity index (χ0n) is 9.11. The largest absolute Gasteiger partial charge is 0.0845 e. The minimum atomic E-state index is 0.474. The predicted molar refractivity (Wildman–Crippen MR) is 61.7 cm³/mol. The number of fused-ring (bicyclic) bond motifs is 7. The van der Waals surface area contributed by atoms with Gasteiger partial charge >= 0.3 is 0 Å². The lowest BCUT2D eigenvalue weighted by molar-refractivity contribution is 0.353. The van der Waals surface area contributed by atoms with Crippen LogP contribution in [0.4, 0.5) is 0 Å². The molecule has 4 rings (SSSR count). The van der Waals surface area contributed by atoms with Gasteiger partial charge in [0.1, 0.15) is 0 Å². The quantitative estimate of drug-likeness (QED) is 0.557. The van der Waals surface area contributed by atoms with E-state index in [0.29, 0.717) is 5.41 Å². The van der Waals surface area contributed by atoms with Gasteiger partial charge in [-0.05, 0) is 47.1 Å². The van der Waals surface area contributed by atoms with Gasteiger partial charge in [-0.15, -0.1) is 0 Å². The Balaban J connectivity index is 1.92. The molecule has 0 heterocycles. The Labute approximate surface area is 91.0 Å². The first-order valence-electron chi connectivity index (χ1n) is 6.05. The van der Waals surface area contributed by atoms with E-state index < -0.39 is 0 Å². The Bertz CT molecular complexity index is 457. The van der Waals surface area contributed by atoms with Gasteiger partial charge in [-0.3, -0.25) is 0 Å². The molecule has 0 spiro atoms. The minimum Gasteiger partial charge on any atom is -0.0845 e. The second-order valence-electron chi connectivity index (χ2n) is 5.78. The molecular formula is C15H16. The van der Waals surface area contributed by atoms with Gasteiger partial charge in [0, 0.05) is 0 Å². The van der Waals surface area contributed by atoms with E-state index in [9.17, 15) is 0 Å². The monoisotopic (exact) mass is 196 g/mol. The van der Waals surface area contributed by atoms with Crippen molar-refractivity contribution < 1.29 is 0 Å². The molecule has 76 valence electrons. The molecule has 0 amide bonds. The lowest BCUT2D eigenvalue weighted by Gasteiger charge is -2.29. The molecule has 0 heteroatoms. The van der Waals surface area contributed by atoms with Crippen LogP contribution in [0, 0.1) is 17.3 Å². The highest BCUT2D eigenvalue weighted by molar-refractivity contribution is 5.43. The lowest BCUT2D eigenvalue weighted by atomic mass is 9.74. The molecule has 3 aliphatic carbocycles. The maximum atomic E-state index is 2.49. The Hall–Kier alpha value is -1.04. The van der Waals surface area contributed by atoms with Crippen molar-refractivity contribution >= 4 is 0 Å². The smallest absolute Gasteiger partial charge is 0.00333 e. The molecule has 1 saturated carbocycles. The van der Waals surface area contributed by atoms with Crippen molar-refractivity contribution in [1.82, 2.24) is 0 Å². The molecule has 3 aliphatic rings. The third-order valence-electron chi connectivity index (χ3n) is 4.93.